The zero-order valence-corrected chi connectivity index (χ0v) is 21.3. The van der Waals surface area contributed by atoms with Gasteiger partial charge < -0.3 is 21.5 Å². The summed E-state index contributed by atoms with van der Waals surface area (Å²) in [6.07, 6.45) is 0.750. The molecule has 3 aromatic carbocycles. The van der Waals surface area contributed by atoms with Gasteiger partial charge in [0, 0.05) is 20.0 Å². The summed E-state index contributed by atoms with van der Waals surface area (Å²) < 4.78 is 0. The van der Waals surface area contributed by atoms with E-state index in [0.717, 1.165) is 16.7 Å². The number of aliphatic imine (C=N–C) groups is 1. The first-order valence-electron chi connectivity index (χ1n) is 12.4. The number of benzene rings is 3. The van der Waals surface area contributed by atoms with Gasteiger partial charge in [0.1, 0.15) is 11.8 Å². The van der Waals surface area contributed by atoms with Crippen LogP contribution < -0.4 is 21.7 Å². The Hall–Kier alpha value is -4.66. The summed E-state index contributed by atoms with van der Waals surface area (Å²) in [5.74, 6) is -1.42. The van der Waals surface area contributed by atoms with E-state index in [9.17, 15) is 19.5 Å². The van der Waals surface area contributed by atoms with Gasteiger partial charge in [0.15, 0.2) is 5.96 Å². The predicted octanol–water partition coefficient (Wildman–Crippen LogP) is 2.56. The van der Waals surface area contributed by atoms with E-state index >= 15 is 0 Å². The molecule has 0 spiro atoms. The van der Waals surface area contributed by atoms with E-state index in [-0.39, 0.29) is 42.5 Å². The van der Waals surface area contributed by atoms with E-state index in [4.69, 9.17) is 5.73 Å². The number of phenolic OH excluding ortho intramolecular Hbond substituents is 1. The van der Waals surface area contributed by atoms with Crippen LogP contribution in [0.5, 0.6) is 5.75 Å². The van der Waals surface area contributed by atoms with Crippen molar-refractivity contribution in [2.75, 3.05) is 6.54 Å². The normalized spacial score (nSPS) is 12.0. The number of carbonyl (C=O) groups excluding carboxylic acids is 3. The number of aromatic hydroxyl groups is 1. The molecule has 9 heteroatoms. The van der Waals surface area contributed by atoms with Gasteiger partial charge in [0.2, 0.25) is 17.7 Å². The van der Waals surface area contributed by atoms with Crippen LogP contribution in [0.4, 0.5) is 0 Å². The molecule has 38 heavy (non-hydrogen) atoms. The zero-order valence-electron chi connectivity index (χ0n) is 21.3. The van der Waals surface area contributed by atoms with Crippen LogP contribution in [0.15, 0.2) is 89.9 Å². The molecule has 0 bridgehead atoms. The molecule has 0 heterocycles. The maximum Gasteiger partial charge on any atom is 0.242 e. The van der Waals surface area contributed by atoms with Gasteiger partial charge in [-0.25, -0.2) is 0 Å². The third-order valence-electron chi connectivity index (χ3n) is 5.80. The summed E-state index contributed by atoms with van der Waals surface area (Å²) in [4.78, 5) is 42.0. The average Bonchev–Trinajstić information content (AvgIpc) is 2.91. The molecule has 0 unspecified atom stereocenters. The van der Waals surface area contributed by atoms with Crippen LogP contribution in [0.2, 0.25) is 0 Å². The van der Waals surface area contributed by atoms with Crippen molar-refractivity contribution in [2.24, 2.45) is 10.7 Å². The number of guanidine groups is 1. The van der Waals surface area contributed by atoms with Crippen molar-refractivity contribution < 1.29 is 19.5 Å². The van der Waals surface area contributed by atoms with Crippen LogP contribution >= 0.6 is 0 Å². The van der Waals surface area contributed by atoms with Crippen molar-refractivity contribution in [3.63, 3.8) is 0 Å². The third-order valence-corrected chi connectivity index (χ3v) is 5.80. The molecule has 3 rings (SSSR count). The van der Waals surface area contributed by atoms with Crippen LogP contribution in [0.3, 0.4) is 0 Å². The smallest absolute Gasteiger partial charge is 0.242 e. The lowest BCUT2D eigenvalue weighted by Crippen LogP contribution is -2.48. The lowest BCUT2D eigenvalue weighted by Gasteiger charge is -2.23. The van der Waals surface area contributed by atoms with Crippen molar-refractivity contribution in [3.05, 3.63) is 102 Å². The molecule has 0 saturated heterocycles. The Kier molecular flexibility index (Phi) is 10.4. The van der Waals surface area contributed by atoms with Crippen molar-refractivity contribution in [3.8, 4) is 5.75 Å². The molecule has 0 aliphatic heterocycles. The minimum Gasteiger partial charge on any atom is -0.508 e. The number of nitrogens with zero attached hydrogens (tertiary/aromatic N) is 1. The van der Waals surface area contributed by atoms with Gasteiger partial charge in [-0.3, -0.25) is 24.7 Å². The number of hydrogen-bond acceptors (Lipinski definition) is 5. The number of rotatable bonds is 11. The Morgan fingerprint density at radius 2 is 1.45 bits per heavy atom. The second-order valence-electron chi connectivity index (χ2n) is 8.79. The van der Waals surface area contributed by atoms with Crippen molar-refractivity contribution >= 4 is 23.7 Å². The van der Waals surface area contributed by atoms with E-state index in [1.165, 1.54) is 6.92 Å². The summed E-state index contributed by atoms with van der Waals surface area (Å²) in [5, 5.41) is 17.7. The topological polar surface area (TPSA) is 146 Å². The van der Waals surface area contributed by atoms with Gasteiger partial charge >= 0.3 is 0 Å². The van der Waals surface area contributed by atoms with Gasteiger partial charge in [0.05, 0.1) is 5.92 Å². The van der Waals surface area contributed by atoms with Gasteiger partial charge in [-0.05, 0) is 41.7 Å². The molecule has 9 nitrogen and oxygen atoms in total. The van der Waals surface area contributed by atoms with Crippen LogP contribution in [0.1, 0.15) is 42.4 Å². The van der Waals surface area contributed by atoms with Crippen molar-refractivity contribution in [1.82, 2.24) is 16.0 Å². The zero-order chi connectivity index (χ0) is 27.3. The van der Waals surface area contributed by atoms with E-state index in [1.54, 1.807) is 24.3 Å². The molecular formula is C29H33N5O4. The number of hydrogen-bond donors (Lipinski definition) is 5. The van der Waals surface area contributed by atoms with Crippen molar-refractivity contribution in [1.29, 1.82) is 0 Å². The van der Waals surface area contributed by atoms with Gasteiger partial charge in [-0.15, -0.1) is 0 Å². The monoisotopic (exact) mass is 515 g/mol. The Balaban J connectivity index is 1.75. The maximum absolute atomic E-state index is 13.6. The quantitative estimate of drug-likeness (QED) is 0.151. The van der Waals surface area contributed by atoms with E-state index in [0.29, 0.717) is 12.8 Å². The van der Waals surface area contributed by atoms with E-state index in [1.807, 2.05) is 60.7 Å². The first-order chi connectivity index (χ1) is 18.3. The summed E-state index contributed by atoms with van der Waals surface area (Å²) in [5.41, 5.74) is 8.10. The van der Waals surface area contributed by atoms with Crippen LogP contribution in [-0.4, -0.2) is 41.4 Å². The van der Waals surface area contributed by atoms with E-state index in [2.05, 4.69) is 20.9 Å². The largest absolute Gasteiger partial charge is 0.508 e. The standard InChI is InChI=1S/C29H33N5O4/c1-20(35)33-29(30)31-18-8-13-25(27(37)32-19-21-14-16-24(36)17-15-21)34-28(38)26(22-9-4-2-5-10-22)23-11-6-3-7-12-23/h2-7,9-12,14-17,25-26,36H,8,13,18-19H2,1H3,(H,32,37)(H,34,38)(H3,30,31,33,35)/t25-/m1/s1. The van der Waals surface area contributed by atoms with Crippen LogP contribution in [-0.2, 0) is 20.9 Å². The number of phenols is 1. The molecule has 0 aliphatic carbocycles. The highest BCUT2D eigenvalue weighted by Gasteiger charge is 2.27. The molecule has 198 valence electrons. The molecule has 0 saturated carbocycles. The molecule has 6 N–H and O–H groups in total. The predicted molar refractivity (Wildman–Crippen MR) is 146 cm³/mol. The van der Waals surface area contributed by atoms with Gasteiger partial charge in [0.25, 0.3) is 0 Å². The summed E-state index contributed by atoms with van der Waals surface area (Å²) >= 11 is 0. The Morgan fingerprint density at radius 3 is 2.00 bits per heavy atom. The molecule has 3 aromatic rings. The molecule has 0 radical (unpaired) electrons. The fraction of sp³-hybridized carbons (Fsp3) is 0.241. The van der Waals surface area contributed by atoms with Gasteiger partial charge in [-0.1, -0.05) is 72.8 Å². The summed E-state index contributed by atoms with van der Waals surface area (Å²) in [6.45, 7) is 1.84. The van der Waals surface area contributed by atoms with Crippen LogP contribution in [0, 0.1) is 0 Å². The molecule has 0 aromatic heterocycles. The number of amides is 3. The third kappa shape index (κ3) is 8.77. The lowest BCUT2D eigenvalue weighted by molar-refractivity contribution is -0.129. The minimum absolute atomic E-state index is 0.00286. The fourth-order valence-corrected chi connectivity index (χ4v) is 3.95. The number of nitrogens with two attached hydrogens (primary N) is 1. The van der Waals surface area contributed by atoms with Crippen molar-refractivity contribution in [2.45, 2.75) is 38.3 Å². The Labute approximate surface area is 222 Å². The molecule has 0 fully saturated rings. The lowest BCUT2D eigenvalue weighted by atomic mass is 9.90. The number of nitrogens with one attached hydrogen (secondary N) is 3. The highest BCUT2D eigenvalue weighted by molar-refractivity contribution is 5.95. The fourth-order valence-electron chi connectivity index (χ4n) is 3.95. The first-order valence-corrected chi connectivity index (χ1v) is 12.4. The highest BCUT2D eigenvalue weighted by atomic mass is 16.3. The average molecular weight is 516 g/mol. The maximum atomic E-state index is 13.6. The number of carbonyl (C=O) groups is 3. The molecule has 1 atom stereocenters. The van der Waals surface area contributed by atoms with Crippen LogP contribution in [0.25, 0.3) is 0 Å². The molecule has 0 aliphatic rings. The summed E-state index contributed by atoms with van der Waals surface area (Å²) in [6, 6.07) is 24.5. The SMILES string of the molecule is CC(=O)NC(N)=NCCC[C@@H](NC(=O)C(c1ccccc1)c1ccccc1)C(=O)NCc1ccc(O)cc1. The first kappa shape index (κ1) is 27.9. The second-order valence-corrected chi connectivity index (χ2v) is 8.79. The molecule has 3 amide bonds. The molecular weight excluding hydrogens is 482 g/mol. The summed E-state index contributed by atoms with van der Waals surface area (Å²) in [7, 11) is 0. The Morgan fingerprint density at radius 1 is 0.868 bits per heavy atom. The Bertz CT molecular complexity index is 1190. The highest BCUT2D eigenvalue weighted by Crippen LogP contribution is 2.25. The van der Waals surface area contributed by atoms with Gasteiger partial charge in [-0.2, -0.15) is 0 Å². The minimum atomic E-state index is -0.827. The van der Waals surface area contributed by atoms with E-state index < -0.39 is 12.0 Å². The second kappa shape index (κ2) is 14.2.